The van der Waals surface area contributed by atoms with E-state index < -0.39 is 21.8 Å². The van der Waals surface area contributed by atoms with Crippen LogP contribution >= 0.6 is 0 Å². The van der Waals surface area contributed by atoms with Crippen LogP contribution < -0.4 is 15.0 Å². The van der Waals surface area contributed by atoms with Crippen LogP contribution in [-0.4, -0.2) is 55.0 Å². The second-order valence-electron chi connectivity index (χ2n) is 10.1. The number of amides is 2. The van der Waals surface area contributed by atoms with E-state index in [2.05, 4.69) is 15.4 Å². The molecule has 0 saturated carbocycles. The molecule has 0 radical (unpaired) electrons. The summed E-state index contributed by atoms with van der Waals surface area (Å²) >= 11 is 0. The molecule has 13 heteroatoms. The lowest BCUT2D eigenvalue weighted by molar-refractivity contribution is -0.117. The van der Waals surface area contributed by atoms with Gasteiger partial charge in [0.05, 0.1) is 30.2 Å². The maximum absolute atomic E-state index is 13.3. The minimum atomic E-state index is -3.53. The normalized spacial score (nSPS) is 12.0. The van der Waals surface area contributed by atoms with Crippen LogP contribution in [0.1, 0.15) is 25.3 Å². The number of fused-ring (bicyclic) bond motifs is 1. The van der Waals surface area contributed by atoms with E-state index in [0.717, 1.165) is 22.3 Å². The highest BCUT2D eigenvalue weighted by molar-refractivity contribution is 7.90. The number of carbonyl (C=O) groups is 2. The average molecular weight is 632 g/mol. The van der Waals surface area contributed by atoms with E-state index in [4.69, 9.17) is 9.47 Å². The quantitative estimate of drug-likeness (QED) is 0.210. The third-order valence-corrected chi connectivity index (χ3v) is 8.15. The maximum atomic E-state index is 13.3. The lowest BCUT2D eigenvalue weighted by Crippen LogP contribution is -2.28. The number of methoxy groups -OCH3 is 1. The molecule has 0 bridgehead atoms. The molecule has 3 aromatic carbocycles. The number of hydrogen-bond donors (Lipinski definition) is 1. The first kappa shape index (κ1) is 31.1. The van der Waals surface area contributed by atoms with Crippen molar-refractivity contribution in [3.05, 3.63) is 96.4 Å². The fraction of sp³-hybridized carbons (Fsp3) is 0.188. The van der Waals surface area contributed by atoms with E-state index in [1.54, 1.807) is 50.4 Å². The van der Waals surface area contributed by atoms with Crippen molar-refractivity contribution >= 4 is 44.8 Å². The molecule has 45 heavy (non-hydrogen) atoms. The molecular formula is C32H30FN5O6S. The van der Waals surface area contributed by atoms with Gasteiger partial charge >= 0.3 is 6.09 Å². The first-order chi connectivity index (χ1) is 21.5. The number of nitrogens with one attached hydrogen (secondary N) is 1. The van der Waals surface area contributed by atoms with Gasteiger partial charge in [-0.05, 0) is 73.5 Å². The van der Waals surface area contributed by atoms with Crippen LogP contribution in [0, 0.1) is 5.82 Å². The highest BCUT2D eigenvalue weighted by Crippen LogP contribution is 2.35. The Balaban J connectivity index is 1.41. The third kappa shape index (κ3) is 6.78. The Morgan fingerprint density at radius 2 is 1.69 bits per heavy atom. The molecule has 0 fully saturated rings. The van der Waals surface area contributed by atoms with Crippen LogP contribution in [0.5, 0.6) is 5.75 Å². The van der Waals surface area contributed by atoms with E-state index in [1.165, 1.54) is 42.0 Å². The minimum Gasteiger partial charge on any atom is -0.495 e. The Morgan fingerprint density at radius 1 is 1.00 bits per heavy atom. The maximum Gasteiger partial charge on any atom is 0.421 e. The van der Waals surface area contributed by atoms with Crippen molar-refractivity contribution in [1.29, 1.82) is 0 Å². The third-order valence-electron chi connectivity index (χ3n) is 7.04. The average Bonchev–Trinajstić information content (AvgIpc) is 3.44. The summed E-state index contributed by atoms with van der Waals surface area (Å²) < 4.78 is 49.6. The molecule has 0 saturated heterocycles. The van der Waals surface area contributed by atoms with Gasteiger partial charge in [0.25, 0.3) is 5.95 Å². The van der Waals surface area contributed by atoms with Gasteiger partial charge in [0.2, 0.25) is 5.91 Å². The van der Waals surface area contributed by atoms with Gasteiger partial charge in [0.1, 0.15) is 11.6 Å². The number of rotatable bonds is 9. The minimum absolute atomic E-state index is 0.00987. The standard InChI is InChI=1S/C32H30FN5O6S/c1-5-44-32(40)38(27-16-15-26(45(4,41)42)18-28(27)43-3)31-35-29-17-10-23(19-37(29)36-31)22-8-13-25(14-9-22)34-30(39)20(2)21-6-11-24(33)12-7-21/h6-20H,5H2,1-4H3,(H,34,39)/t20-/m1/s1. The molecule has 0 spiro atoms. The zero-order valence-electron chi connectivity index (χ0n) is 24.9. The number of pyridine rings is 1. The molecule has 232 valence electrons. The Kier molecular flexibility index (Phi) is 8.82. The molecule has 2 amide bonds. The summed E-state index contributed by atoms with van der Waals surface area (Å²) in [5, 5.41) is 7.40. The summed E-state index contributed by atoms with van der Waals surface area (Å²) in [4.78, 5) is 31.5. The van der Waals surface area contributed by atoms with Crippen molar-refractivity contribution in [3.8, 4) is 16.9 Å². The van der Waals surface area contributed by atoms with Gasteiger partial charge in [-0.25, -0.2) is 27.0 Å². The van der Waals surface area contributed by atoms with Crippen molar-refractivity contribution in [1.82, 2.24) is 14.6 Å². The zero-order valence-corrected chi connectivity index (χ0v) is 25.7. The van der Waals surface area contributed by atoms with Gasteiger partial charge < -0.3 is 14.8 Å². The largest absolute Gasteiger partial charge is 0.495 e. The smallest absolute Gasteiger partial charge is 0.421 e. The number of carbonyl (C=O) groups excluding carboxylic acids is 2. The molecule has 0 aliphatic carbocycles. The number of aromatic nitrogens is 3. The molecule has 1 atom stereocenters. The van der Waals surface area contributed by atoms with E-state index in [-0.39, 0.29) is 40.6 Å². The number of benzene rings is 3. The Hall–Kier alpha value is -5.30. The van der Waals surface area contributed by atoms with Gasteiger partial charge in [-0.2, -0.15) is 4.98 Å². The van der Waals surface area contributed by atoms with Gasteiger partial charge in [-0.15, -0.1) is 5.10 Å². The molecule has 0 unspecified atom stereocenters. The molecule has 5 rings (SSSR count). The first-order valence-corrected chi connectivity index (χ1v) is 15.8. The second-order valence-corrected chi connectivity index (χ2v) is 12.1. The van der Waals surface area contributed by atoms with E-state index in [9.17, 15) is 22.4 Å². The van der Waals surface area contributed by atoms with Crippen molar-refractivity contribution < 1.29 is 31.9 Å². The molecule has 11 nitrogen and oxygen atoms in total. The van der Waals surface area contributed by atoms with Gasteiger partial charge in [0.15, 0.2) is 15.5 Å². The molecule has 0 aliphatic heterocycles. The Bertz CT molecular complexity index is 1980. The zero-order chi connectivity index (χ0) is 32.3. The Labute approximate surface area is 259 Å². The number of halogens is 1. The summed E-state index contributed by atoms with van der Waals surface area (Å²) in [5.41, 5.74) is 3.56. The second kappa shape index (κ2) is 12.7. The summed E-state index contributed by atoms with van der Waals surface area (Å²) in [7, 11) is -2.17. The van der Waals surface area contributed by atoms with Crippen LogP contribution in [0.25, 0.3) is 16.8 Å². The van der Waals surface area contributed by atoms with Crippen LogP contribution in [-0.2, 0) is 19.4 Å². The fourth-order valence-electron chi connectivity index (χ4n) is 4.59. The van der Waals surface area contributed by atoms with Crippen molar-refractivity contribution in [2.75, 3.05) is 30.2 Å². The summed E-state index contributed by atoms with van der Waals surface area (Å²) in [5.74, 6) is -0.949. The highest BCUT2D eigenvalue weighted by Gasteiger charge is 2.28. The summed E-state index contributed by atoms with van der Waals surface area (Å²) in [6.07, 6.45) is 2.04. The lowest BCUT2D eigenvalue weighted by atomic mass is 10.00. The predicted molar refractivity (Wildman–Crippen MR) is 167 cm³/mol. The number of nitrogens with zero attached hydrogens (tertiary/aromatic N) is 4. The van der Waals surface area contributed by atoms with Gasteiger partial charge in [0, 0.05) is 29.8 Å². The molecule has 5 aromatic rings. The predicted octanol–water partition coefficient (Wildman–Crippen LogP) is 5.98. The first-order valence-electron chi connectivity index (χ1n) is 13.9. The van der Waals surface area contributed by atoms with Crippen molar-refractivity contribution in [3.63, 3.8) is 0 Å². The summed E-state index contributed by atoms with van der Waals surface area (Å²) in [6, 6.07) is 20.8. The van der Waals surface area contributed by atoms with Crippen LogP contribution in [0.15, 0.2) is 90.0 Å². The van der Waals surface area contributed by atoms with Crippen LogP contribution in [0.4, 0.5) is 26.5 Å². The molecule has 1 N–H and O–H groups in total. The topological polar surface area (TPSA) is 132 Å². The van der Waals surface area contributed by atoms with E-state index in [1.807, 2.05) is 18.2 Å². The number of sulfone groups is 1. The fourth-order valence-corrected chi connectivity index (χ4v) is 5.22. The van der Waals surface area contributed by atoms with Gasteiger partial charge in [-0.1, -0.05) is 24.3 Å². The molecule has 0 aliphatic rings. The van der Waals surface area contributed by atoms with Gasteiger partial charge in [-0.3, -0.25) is 4.79 Å². The van der Waals surface area contributed by atoms with Crippen LogP contribution in [0.2, 0.25) is 0 Å². The van der Waals surface area contributed by atoms with E-state index >= 15 is 0 Å². The van der Waals surface area contributed by atoms with E-state index in [0.29, 0.717) is 16.9 Å². The van der Waals surface area contributed by atoms with Crippen molar-refractivity contribution in [2.24, 2.45) is 0 Å². The monoisotopic (exact) mass is 631 g/mol. The number of hydrogen-bond acceptors (Lipinski definition) is 8. The highest BCUT2D eigenvalue weighted by atomic mass is 32.2. The lowest BCUT2D eigenvalue weighted by Gasteiger charge is -2.21. The van der Waals surface area contributed by atoms with Crippen LogP contribution in [0.3, 0.4) is 0 Å². The SMILES string of the molecule is CCOC(=O)N(c1nc2ccc(-c3ccc(NC(=O)[C@H](C)c4ccc(F)cc4)cc3)cn2n1)c1ccc(S(C)(=O)=O)cc1OC. The molecular weight excluding hydrogens is 601 g/mol. The molecule has 2 aromatic heterocycles. The number of ether oxygens (including phenoxy) is 2. The summed E-state index contributed by atoms with van der Waals surface area (Å²) in [6.45, 7) is 3.49. The molecule has 2 heterocycles. The van der Waals surface area contributed by atoms with Crippen molar-refractivity contribution in [2.45, 2.75) is 24.7 Å². The number of anilines is 3. The Morgan fingerprint density at radius 3 is 2.33 bits per heavy atom.